The zero-order chi connectivity index (χ0) is 7.82. The normalized spacial score (nSPS) is 12.4. The van der Waals surface area contributed by atoms with Crippen molar-refractivity contribution < 1.29 is 0 Å². The maximum absolute atomic E-state index is 2.25. The SMILES string of the molecule is C/C=C/CCC=CC(C)C. The lowest BCUT2D eigenvalue weighted by molar-refractivity contribution is 0.823. The number of hydrogen-bond acceptors (Lipinski definition) is 0. The molecule has 0 spiro atoms. The van der Waals surface area contributed by atoms with Crippen LogP contribution in [-0.4, -0.2) is 0 Å². The topological polar surface area (TPSA) is 0 Å². The van der Waals surface area contributed by atoms with Gasteiger partial charge in [0, 0.05) is 0 Å². The molecule has 58 valence electrons. The highest BCUT2D eigenvalue weighted by Gasteiger charge is 1.81. The Balaban J connectivity index is 3.18. The van der Waals surface area contributed by atoms with Gasteiger partial charge in [0.2, 0.25) is 0 Å². The molecule has 0 radical (unpaired) electrons. The Morgan fingerprint density at radius 2 is 1.70 bits per heavy atom. The smallest absolute Gasteiger partial charge is 0.0290 e. The van der Waals surface area contributed by atoms with E-state index < -0.39 is 0 Å². The van der Waals surface area contributed by atoms with Crippen LogP contribution in [0.4, 0.5) is 0 Å². The average molecular weight is 138 g/mol. The Hall–Kier alpha value is -0.520. The molecule has 0 aromatic rings. The van der Waals surface area contributed by atoms with Crippen LogP contribution in [0, 0.1) is 5.92 Å². The Kier molecular flexibility index (Phi) is 6.25. The number of allylic oxidation sites excluding steroid dienone is 4. The van der Waals surface area contributed by atoms with Crippen molar-refractivity contribution in [1.29, 1.82) is 0 Å². The van der Waals surface area contributed by atoms with Gasteiger partial charge in [-0.3, -0.25) is 0 Å². The van der Waals surface area contributed by atoms with Crippen LogP contribution < -0.4 is 0 Å². The highest BCUT2D eigenvalue weighted by Crippen LogP contribution is 1.98. The van der Waals surface area contributed by atoms with Gasteiger partial charge in [0.05, 0.1) is 0 Å². The van der Waals surface area contributed by atoms with Crippen LogP contribution in [0.3, 0.4) is 0 Å². The molecule has 0 aliphatic rings. The van der Waals surface area contributed by atoms with Crippen molar-refractivity contribution in [1.82, 2.24) is 0 Å². The van der Waals surface area contributed by atoms with Crippen LogP contribution in [0.2, 0.25) is 0 Å². The molecule has 0 atom stereocenters. The number of hydrogen-bond donors (Lipinski definition) is 0. The lowest BCUT2D eigenvalue weighted by Crippen LogP contribution is -1.76. The van der Waals surface area contributed by atoms with Gasteiger partial charge >= 0.3 is 0 Å². The second kappa shape index (κ2) is 6.60. The lowest BCUT2D eigenvalue weighted by Gasteiger charge is -1.91. The summed E-state index contributed by atoms with van der Waals surface area (Å²) in [7, 11) is 0. The summed E-state index contributed by atoms with van der Waals surface area (Å²) in [5, 5.41) is 0. The predicted molar refractivity (Wildman–Crippen MR) is 48.0 cm³/mol. The second-order valence-corrected chi connectivity index (χ2v) is 2.82. The molecular formula is C10H18. The standard InChI is InChI=1S/C10H18/c1-4-5-6-7-8-9-10(2)3/h4-5,8-10H,6-7H2,1-3H3/b5-4+,9-8?. The van der Waals surface area contributed by atoms with E-state index >= 15 is 0 Å². The fourth-order valence-electron chi connectivity index (χ4n) is 0.728. The molecule has 0 aliphatic carbocycles. The summed E-state index contributed by atoms with van der Waals surface area (Å²) in [6.45, 7) is 6.46. The van der Waals surface area contributed by atoms with E-state index in [1.165, 1.54) is 12.8 Å². The summed E-state index contributed by atoms with van der Waals surface area (Å²) >= 11 is 0. The third-order valence-electron chi connectivity index (χ3n) is 1.26. The molecule has 0 aliphatic heterocycles. The summed E-state index contributed by atoms with van der Waals surface area (Å²) in [5.41, 5.74) is 0. The third-order valence-corrected chi connectivity index (χ3v) is 1.26. The molecule has 0 nitrogen and oxygen atoms in total. The second-order valence-electron chi connectivity index (χ2n) is 2.82. The van der Waals surface area contributed by atoms with E-state index in [1.54, 1.807) is 0 Å². The van der Waals surface area contributed by atoms with Crippen molar-refractivity contribution in [3.05, 3.63) is 24.3 Å². The summed E-state index contributed by atoms with van der Waals surface area (Å²) in [6, 6.07) is 0. The average Bonchev–Trinajstić information content (AvgIpc) is 1.87. The Bertz CT molecular complexity index is 107. The van der Waals surface area contributed by atoms with Crippen molar-refractivity contribution in [2.45, 2.75) is 33.6 Å². The van der Waals surface area contributed by atoms with Crippen LogP contribution in [0.1, 0.15) is 33.6 Å². The maximum Gasteiger partial charge on any atom is -0.0290 e. The first-order valence-electron chi connectivity index (χ1n) is 4.05. The molecular weight excluding hydrogens is 120 g/mol. The van der Waals surface area contributed by atoms with Crippen LogP contribution >= 0.6 is 0 Å². The van der Waals surface area contributed by atoms with Gasteiger partial charge in [-0.1, -0.05) is 38.2 Å². The zero-order valence-electron chi connectivity index (χ0n) is 7.30. The van der Waals surface area contributed by atoms with E-state index in [4.69, 9.17) is 0 Å². The minimum atomic E-state index is 0.700. The van der Waals surface area contributed by atoms with Crippen molar-refractivity contribution in [3.63, 3.8) is 0 Å². The lowest BCUT2D eigenvalue weighted by atomic mass is 10.2. The molecule has 0 fully saturated rings. The molecule has 0 aromatic carbocycles. The summed E-state index contributed by atoms with van der Waals surface area (Å²) in [4.78, 5) is 0. The first-order valence-corrected chi connectivity index (χ1v) is 4.05. The van der Waals surface area contributed by atoms with Gasteiger partial charge in [-0.05, 0) is 25.7 Å². The highest BCUT2D eigenvalue weighted by atomic mass is 13.9. The number of rotatable bonds is 4. The molecule has 0 amide bonds. The minimum Gasteiger partial charge on any atom is -0.0917 e. The molecule has 0 saturated heterocycles. The van der Waals surface area contributed by atoms with E-state index in [-0.39, 0.29) is 0 Å². The molecule has 0 unspecified atom stereocenters. The first kappa shape index (κ1) is 9.48. The molecule has 0 bridgehead atoms. The summed E-state index contributed by atoms with van der Waals surface area (Å²) in [6.07, 6.45) is 11.2. The molecule has 0 aromatic heterocycles. The van der Waals surface area contributed by atoms with Gasteiger partial charge in [0.15, 0.2) is 0 Å². The molecule has 0 N–H and O–H groups in total. The predicted octanol–water partition coefficient (Wildman–Crippen LogP) is 3.55. The van der Waals surface area contributed by atoms with E-state index in [1.807, 2.05) is 0 Å². The van der Waals surface area contributed by atoms with Crippen LogP contribution in [0.5, 0.6) is 0 Å². The van der Waals surface area contributed by atoms with E-state index in [0.29, 0.717) is 5.92 Å². The minimum absolute atomic E-state index is 0.700. The summed E-state index contributed by atoms with van der Waals surface area (Å²) < 4.78 is 0. The molecule has 0 heterocycles. The fraction of sp³-hybridized carbons (Fsp3) is 0.600. The monoisotopic (exact) mass is 138 g/mol. The zero-order valence-corrected chi connectivity index (χ0v) is 7.30. The number of unbranched alkanes of at least 4 members (excludes halogenated alkanes) is 1. The molecule has 0 saturated carbocycles. The fourth-order valence-corrected chi connectivity index (χ4v) is 0.728. The van der Waals surface area contributed by atoms with Gasteiger partial charge in [-0.15, -0.1) is 0 Å². The molecule has 0 rings (SSSR count). The molecule has 0 heteroatoms. The summed E-state index contributed by atoms with van der Waals surface area (Å²) in [5.74, 6) is 0.700. The molecule has 10 heavy (non-hydrogen) atoms. The van der Waals surface area contributed by atoms with Crippen molar-refractivity contribution >= 4 is 0 Å². The van der Waals surface area contributed by atoms with Crippen LogP contribution in [0.25, 0.3) is 0 Å². The first-order chi connectivity index (χ1) is 4.77. The quantitative estimate of drug-likeness (QED) is 0.411. The van der Waals surface area contributed by atoms with Crippen LogP contribution in [0.15, 0.2) is 24.3 Å². The van der Waals surface area contributed by atoms with Gasteiger partial charge in [0.1, 0.15) is 0 Å². The van der Waals surface area contributed by atoms with Crippen LogP contribution in [-0.2, 0) is 0 Å². The van der Waals surface area contributed by atoms with Gasteiger partial charge in [0.25, 0.3) is 0 Å². The van der Waals surface area contributed by atoms with Gasteiger partial charge in [-0.25, -0.2) is 0 Å². The van der Waals surface area contributed by atoms with Crippen molar-refractivity contribution in [2.24, 2.45) is 5.92 Å². The van der Waals surface area contributed by atoms with Crippen molar-refractivity contribution in [2.75, 3.05) is 0 Å². The maximum atomic E-state index is 2.25. The van der Waals surface area contributed by atoms with E-state index in [2.05, 4.69) is 45.1 Å². The van der Waals surface area contributed by atoms with Gasteiger partial charge in [-0.2, -0.15) is 0 Å². The largest absolute Gasteiger partial charge is 0.0917 e. The van der Waals surface area contributed by atoms with E-state index in [9.17, 15) is 0 Å². The Morgan fingerprint density at radius 1 is 1.10 bits per heavy atom. The van der Waals surface area contributed by atoms with Crippen molar-refractivity contribution in [3.8, 4) is 0 Å². The Morgan fingerprint density at radius 3 is 2.20 bits per heavy atom. The Labute approximate surface area is 64.6 Å². The van der Waals surface area contributed by atoms with E-state index in [0.717, 1.165) is 0 Å². The third kappa shape index (κ3) is 7.48. The highest BCUT2D eigenvalue weighted by molar-refractivity contribution is 4.87. The van der Waals surface area contributed by atoms with Gasteiger partial charge < -0.3 is 0 Å².